The highest BCUT2D eigenvalue weighted by Gasteiger charge is 2.23. The zero-order valence-corrected chi connectivity index (χ0v) is 11.4. The lowest BCUT2D eigenvalue weighted by Crippen LogP contribution is -2.47. The number of ether oxygens (including phenoxy) is 1. The quantitative estimate of drug-likeness (QED) is 0.480. The van der Waals surface area contributed by atoms with E-state index in [0.717, 1.165) is 0 Å². The summed E-state index contributed by atoms with van der Waals surface area (Å²) in [6.45, 7) is 4.10. The summed E-state index contributed by atoms with van der Waals surface area (Å²) in [5, 5.41) is 0. The minimum absolute atomic E-state index is 0.00422. The van der Waals surface area contributed by atoms with Crippen LogP contribution in [0.5, 0.6) is 0 Å². The molecule has 0 fully saturated rings. The van der Waals surface area contributed by atoms with Gasteiger partial charge in [0.25, 0.3) is 0 Å². The van der Waals surface area contributed by atoms with Gasteiger partial charge in [-0.3, -0.25) is 11.3 Å². The number of hydrazine groups is 1. The van der Waals surface area contributed by atoms with E-state index in [1.807, 2.05) is 0 Å². The van der Waals surface area contributed by atoms with Crippen molar-refractivity contribution in [2.24, 2.45) is 11.8 Å². The van der Waals surface area contributed by atoms with Gasteiger partial charge in [-0.25, -0.2) is 8.42 Å². The van der Waals surface area contributed by atoms with Crippen LogP contribution in [0.15, 0.2) is 0 Å². The zero-order valence-electron chi connectivity index (χ0n) is 10.6. The summed E-state index contributed by atoms with van der Waals surface area (Å²) in [6.07, 6.45) is 2.54. The molecule has 6 heteroatoms. The molecule has 0 aromatic rings. The first-order valence-corrected chi connectivity index (χ1v) is 7.54. The van der Waals surface area contributed by atoms with Crippen LogP contribution in [0.3, 0.4) is 0 Å². The first-order chi connectivity index (χ1) is 7.31. The van der Waals surface area contributed by atoms with Crippen molar-refractivity contribution >= 4 is 9.84 Å². The van der Waals surface area contributed by atoms with E-state index < -0.39 is 9.84 Å². The summed E-state index contributed by atoms with van der Waals surface area (Å²) in [5.74, 6) is 5.99. The maximum Gasteiger partial charge on any atom is 0.147 e. The number of methoxy groups -OCH3 is 1. The molecule has 0 bridgehead atoms. The maximum atomic E-state index is 11.0. The Labute approximate surface area is 98.6 Å². The normalized spacial score (nSPS) is 16.4. The van der Waals surface area contributed by atoms with E-state index >= 15 is 0 Å². The number of nitrogens with one attached hydrogen (secondary N) is 1. The number of hydrogen-bond acceptors (Lipinski definition) is 5. The van der Waals surface area contributed by atoms with Crippen molar-refractivity contribution in [2.45, 2.75) is 38.8 Å². The maximum absolute atomic E-state index is 11.0. The molecule has 0 aliphatic carbocycles. The van der Waals surface area contributed by atoms with E-state index in [1.54, 1.807) is 7.11 Å². The van der Waals surface area contributed by atoms with Crippen LogP contribution in [0.25, 0.3) is 0 Å². The van der Waals surface area contributed by atoms with Crippen LogP contribution in [0.1, 0.15) is 26.7 Å². The molecule has 0 spiro atoms. The Kier molecular flexibility index (Phi) is 7.14. The molecule has 0 saturated heterocycles. The molecule has 0 radical (unpaired) electrons. The third-order valence-electron chi connectivity index (χ3n) is 2.57. The first kappa shape index (κ1) is 15.8. The van der Waals surface area contributed by atoms with Gasteiger partial charge in [-0.15, -0.1) is 0 Å². The molecule has 3 N–H and O–H groups in total. The topological polar surface area (TPSA) is 81.4 Å². The number of nitrogens with two attached hydrogens (primary N) is 1. The van der Waals surface area contributed by atoms with Gasteiger partial charge >= 0.3 is 0 Å². The molecule has 2 atom stereocenters. The molecule has 0 amide bonds. The first-order valence-electron chi connectivity index (χ1n) is 5.48. The second-order valence-electron chi connectivity index (χ2n) is 4.49. The highest BCUT2D eigenvalue weighted by atomic mass is 32.2. The van der Waals surface area contributed by atoms with E-state index in [-0.39, 0.29) is 17.9 Å². The fourth-order valence-electron chi connectivity index (χ4n) is 1.81. The van der Waals surface area contributed by atoms with Gasteiger partial charge in [0.05, 0.1) is 6.10 Å². The van der Waals surface area contributed by atoms with E-state index in [0.29, 0.717) is 18.8 Å². The van der Waals surface area contributed by atoms with E-state index in [4.69, 9.17) is 10.6 Å². The van der Waals surface area contributed by atoms with Crippen LogP contribution >= 0.6 is 0 Å². The lowest BCUT2D eigenvalue weighted by Gasteiger charge is -2.28. The molecule has 0 aromatic heterocycles. The Morgan fingerprint density at radius 1 is 1.38 bits per heavy atom. The van der Waals surface area contributed by atoms with Crippen LogP contribution in [-0.4, -0.2) is 39.7 Å². The van der Waals surface area contributed by atoms with Crippen molar-refractivity contribution in [3.05, 3.63) is 0 Å². The second-order valence-corrected chi connectivity index (χ2v) is 6.75. The summed E-state index contributed by atoms with van der Waals surface area (Å²) in [4.78, 5) is 0. The molecule has 0 rings (SSSR count). The highest BCUT2D eigenvalue weighted by Crippen LogP contribution is 2.14. The summed E-state index contributed by atoms with van der Waals surface area (Å²) in [7, 11) is -1.25. The van der Waals surface area contributed by atoms with Crippen molar-refractivity contribution in [1.82, 2.24) is 5.43 Å². The van der Waals surface area contributed by atoms with Gasteiger partial charge in [0.15, 0.2) is 0 Å². The van der Waals surface area contributed by atoms with Gasteiger partial charge < -0.3 is 4.74 Å². The Hall–Kier alpha value is -0.170. The lowest BCUT2D eigenvalue weighted by molar-refractivity contribution is 0.0305. The van der Waals surface area contributed by atoms with E-state index in [2.05, 4.69) is 19.3 Å². The molecular formula is C10H24N2O3S. The Balaban J connectivity index is 4.19. The highest BCUT2D eigenvalue weighted by molar-refractivity contribution is 7.90. The lowest BCUT2D eigenvalue weighted by atomic mass is 9.96. The van der Waals surface area contributed by atoms with Crippen LogP contribution < -0.4 is 11.3 Å². The minimum atomic E-state index is -2.89. The van der Waals surface area contributed by atoms with Crippen molar-refractivity contribution in [3.8, 4) is 0 Å². The molecule has 0 aliphatic heterocycles. The molecular weight excluding hydrogens is 228 g/mol. The van der Waals surface area contributed by atoms with Crippen molar-refractivity contribution in [2.75, 3.05) is 19.1 Å². The van der Waals surface area contributed by atoms with Crippen LogP contribution in [0.4, 0.5) is 0 Å². The Morgan fingerprint density at radius 3 is 2.25 bits per heavy atom. The smallest absolute Gasteiger partial charge is 0.147 e. The van der Waals surface area contributed by atoms with Crippen LogP contribution in [0, 0.1) is 5.92 Å². The van der Waals surface area contributed by atoms with E-state index in [9.17, 15) is 8.42 Å². The standard InChI is InChI=1S/C10H24N2O3S/c1-8(2)10(15-3)9(12-11)6-5-7-16(4,13)14/h8-10,12H,5-7,11H2,1-4H3. The largest absolute Gasteiger partial charge is 0.380 e. The molecule has 0 aliphatic rings. The van der Waals surface area contributed by atoms with Crippen LogP contribution in [-0.2, 0) is 14.6 Å². The molecule has 16 heavy (non-hydrogen) atoms. The van der Waals surface area contributed by atoms with Gasteiger partial charge in [-0.1, -0.05) is 13.8 Å². The number of sulfone groups is 1. The van der Waals surface area contributed by atoms with Crippen molar-refractivity contribution < 1.29 is 13.2 Å². The van der Waals surface area contributed by atoms with Crippen molar-refractivity contribution in [1.29, 1.82) is 0 Å². The molecule has 0 saturated carbocycles. The fourth-order valence-corrected chi connectivity index (χ4v) is 2.50. The number of hydrogen-bond donors (Lipinski definition) is 2. The number of rotatable bonds is 8. The van der Waals surface area contributed by atoms with Gasteiger partial charge in [0.1, 0.15) is 9.84 Å². The summed E-state index contributed by atoms with van der Waals surface area (Å²) < 4.78 is 27.3. The molecule has 2 unspecified atom stereocenters. The molecule has 5 nitrogen and oxygen atoms in total. The average molecular weight is 252 g/mol. The van der Waals surface area contributed by atoms with Gasteiger partial charge in [0, 0.05) is 25.2 Å². The predicted molar refractivity (Wildman–Crippen MR) is 65.7 cm³/mol. The Morgan fingerprint density at radius 2 is 1.94 bits per heavy atom. The SMILES string of the molecule is COC(C(C)C)C(CCCS(C)(=O)=O)NN. The second kappa shape index (κ2) is 7.21. The molecule has 0 heterocycles. The monoisotopic (exact) mass is 252 g/mol. The third-order valence-corrected chi connectivity index (χ3v) is 3.60. The summed E-state index contributed by atoms with van der Waals surface area (Å²) in [6, 6.07) is -0.00764. The summed E-state index contributed by atoms with van der Waals surface area (Å²) >= 11 is 0. The fraction of sp³-hybridized carbons (Fsp3) is 1.00. The summed E-state index contributed by atoms with van der Waals surface area (Å²) in [5.41, 5.74) is 2.70. The Bertz CT molecular complexity index is 278. The molecule has 0 aromatic carbocycles. The molecule has 98 valence electrons. The van der Waals surface area contributed by atoms with E-state index in [1.165, 1.54) is 6.26 Å². The van der Waals surface area contributed by atoms with Crippen LogP contribution in [0.2, 0.25) is 0 Å². The van der Waals surface area contributed by atoms with Gasteiger partial charge in [-0.2, -0.15) is 0 Å². The minimum Gasteiger partial charge on any atom is -0.380 e. The predicted octanol–water partition coefficient (Wildman–Crippen LogP) is 0.314. The third kappa shape index (κ3) is 6.42. The van der Waals surface area contributed by atoms with Gasteiger partial charge in [-0.05, 0) is 18.8 Å². The van der Waals surface area contributed by atoms with Crippen molar-refractivity contribution in [3.63, 3.8) is 0 Å². The van der Waals surface area contributed by atoms with Gasteiger partial charge in [0.2, 0.25) is 0 Å². The average Bonchev–Trinajstić information content (AvgIpc) is 2.14. The zero-order chi connectivity index (χ0) is 12.8.